The number of carboxylic acid groups (broad SMARTS) is 1. The molecule has 228 valence electrons. The van der Waals surface area contributed by atoms with E-state index in [1.54, 1.807) is 20.8 Å². The van der Waals surface area contributed by atoms with Crippen LogP contribution in [0.3, 0.4) is 0 Å². The van der Waals surface area contributed by atoms with Crippen LogP contribution in [0.15, 0.2) is 24.3 Å². The van der Waals surface area contributed by atoms with Gasteiger partial charge in [-0.15, -0.1) is 0 Å². The summed E-state index contributed by atoms with van der Waals surface area (Å²) in [7, 11) is 0. The number of benzene rings is 1. The number of nitrogens with two attached hydrogens (primary N) is 1. The lowest BCUT2D eigenvalue weighted by Gasteiger charge is -2.33. The Bertz CT molecular complexity index is 1230. The first-order chi connectivity index (χ1) is 19.8. The fraction of sp³-hybridized carbons (Fsp3) is 0.600. The van der Waals surface area contributed by atoms with E-state index in [4.69, 9.17) is 5.73 Å². The minimum Gasteiger partial charge on any atom is -0.480 e. The maximum atomic E-state index is 14.1. The van der Waals surface area contributed by atoms with Gasteiger partial charge in [-0.25, -0.2) is 9.59 Å². The molecule has 0 bridgehead atoms. The van der Waals surface area contributed by atoms with Crippen molar-refractivity contribution in [2.45, 2.75) is 89.9 Å². The number of carbonyl (C=O) groups excluding carboxylic acids is 5. The number of carboxylic acids is 1. The van der Waals surface area contributed by atoms with E-state index in [-0.39, 0.29) is 18.4 Å². The highest BCUT2D eigenvalue weighted by molar-refractivity contribution is 6.37. The molecular weight excluding hydrogens is 542 g/mol. The van der Waals surface area contributed by atoms with Crippen LogP contribution in [0.2, 0.25) is 0 Å². The van der Waals surface area contributed by atoms with Crippen molar-refractivity contribution in [3.05, 3.63) is 35.4 Å². The number of urea groups is 1. The first kappa shape index (κ1) is 31.0. The third kappa shape index (κ3) is 7.27. The standard InChI is InChI=1S/C30H41N5O7/c1-30(2,3)24(28(40)41)34-29(42)33-22(19-14-17-7-4-5-8-18(17)15-19)27(39)35-12-6-9-21(35)26(38)32-20(13-16-10-11-16)23(36)25(31)37/h4-5,7-8,16,19-22,24H,6,9-15H2,1-3H3,(H2,31,37)(H,32,38)(H,40,41)(H2,33,34,42)/t20?,21?,22?,24-/m1/s1. The fourth-order valence-electron chi connectivity index (χ4n) is 6.01. The molecule has 4 atom stereocenters. The molecule has 5 amide bonds. The molecule has 6 N–H and O–H groups in total. The summed E-state index contributed by atoms with van der Waals surface area (Å²) < 4.78 is 0. The summed E-state index contributed by atoms with van der Waals surface area (Å²) in [6.07, 6.45) is 4.07. The molecular formula is C30H41N5O7. The molecule has 3 unspecified atom stereocenters. The van der Waals surface area contributed by atoms with Crippen molar-refractivity contribution >= 4 is 35.5 Å². The van der Waals surface area contributed by atoms with Gasteiger partial charge in [-0.05, 0) is 60.5 Å². The van der Waals surface area contributed by atoms with Gasteiger partial charge in [0.1, 0.15) is 18.1 Å². The van der Waals surface area contributed by atoms with Crippen LogP contribution >= 0.6 is 0 Å². The second-order valence-corrected chi connectivity index (χ2v) is 12.8. The predicted molar refractivity (Wildman–Crippen MR) is 152 cm³/mol. The lowest BCUT2D eigenvalue weighted by atomic mass is 9.87. The molecule has 0 aromatic heterocycles. The molecule has 1 saturated carbocycles. The molecule has 12 nitrogen and oxygen atoms in total. The van der Waals surface area contributed by atoms with E-state index in [1.807, 2.05) is 24.3 Å². The van der Waals surface area contributed by atoms with Gasteiger partial charge in [0.25, 0.3) is 5.91 Å². The van der Waals surface area contributed by atoms with Crippen molar-refractivity contribution in [1.82, 2.24) is 20.9 Å². The summed E-state index contributed by atoms with van der Waals surface area (Å²) in [5.74, 6) is -4.26. The molecule has 0 radical (unpaired) electrons. The van der Waals surface area contributed by atoms with Gasteiger partial charge in [0.2, 0.25) is 17.6 Å². The van der Waals surface area contributed by atoms with E-state index in [0.29, 0.717) is 32.1 Å². The minimum absolute atomic E-state index is 0.235. The smallest absolute Gasteiger partial charge is 0.326 e. The van der Waals surface area contributed by atoms with E-state index in [1.165, 1.54) is 4.90 Å². The Kier molecular flexibility index (Phi) is 9.22. The Morgan fingerprint density at radius 1 is 0.976 bits per heavy atom. The van der Waals surface area contributed by atoms with E-state index >= 15 is 0 Å². The molecule has 2 aliphatic carbocycles. The predicted octanol–water partition coefficient (Wildman–Crippen LogP) is 0.899. The maximum Gasteiger partial charge on any atom is 0.326 e. The zero-order chi connectivity index (χ0) is 30.8. The molecule has 0 spiro atoms. The largest absolute Gasteiger partial charge is 0.480 e. The number of amides is 5. The number of hydrogen-bond donors (Lipinski definition) is 5. The molecule has 42 heavy (non-hydrogen) atoms. The Labute approximate surface area is 245 Å². The van der Waals surface area contributed by atoms with Crippen molar-refractivity contribution in [2.75, 3.05) is 6.54 Å². The van der Waals surface area contributed by atoms with Crippen molar-refractivity contribution in [3.8, 4) is 0 Å². The number of fused-ring (bicyclic) bond motifs is 1. The number of ketones is 1. The van der Waals surface area contributed by atoms with Crippen molar-refractivity contribution < 1.29 is 33.9 Å². The summed E-state index contributed by atoms with van der Waals surface area (Å²) in [6, 6.07) is 2.80. The van der Waals surface area contributed by atoms with Crippen LogP contribution < -0.4 is 21.7 Å². The number of nitrogens with one attached hydrogen (secondary N) is 3. The Balaban J connectivity index is 1.53. The van der Waals surface area contributed by atoms with Crippen LogP contribution in [0.5, 0.6) is 0 Å². The van der Waals surface area contributed by atoms with E-state index < -0.39 is 65.1 Å². The van der Waals surface area contributed by atoms with Crippen LogP contribution in [0, 0.1) is 17.3 Å². The highest BCUT2D eigenvalue weighted by Crippen LogP contribution is 2.34. The van der Waals surface area contributed by atoms with Crippen LogP contribution in [-0.4, -0.2) is 76.2 Å². The second-order valence-electron chi connectivity index (χ2n) is 12.8. The van der Waals surface area contributed by atoms with Crippen molar-refractivity contribution in [1.29, 1.82) is 0 Å². The monoisotopic (exact) mass is 583 g/mol. The first-order valence-electron chi connectivity index (χ1n) is 14.6. The number of nitrogens with zero attached hydrogens (tertiary/aromatic N) is 1. The first-order valence-corrected chi connectivity index (χ1v) is 14.6. The van der Waals surface area contributed by atoms with Crippen molar-refractivity contribution in [3.63, 3.8) is 0 Å². The summed E-state index contributed by atoms with van der Waals surface area (Å²) in [5.41, 5.74) is 6.55. The molecule has 1 heterocycles. The van der Waals surface area contributed by atoms with Crippen LogP contribution in [0.1, 0.15) is 64.0 Å². The molecule has 1 aromatic carbocycles. The molecule has 1 aromatic rings. The lowest BCUT2D eigenvalue weighted by molar-refractivity contribution is -0.142. The molecule has 4 rings (SSSR count). The molecule has 2 fully saturated rings. The number of rotatable bonds is 11. The normalized spacial score (nSPS) is 20.6. The average molecular weight is 584 g/mol. The summed E-state index contributed by atoms with van der Waals surface area (Å²) in [6.45, 7) is 5.34. The fourth-order valence-corrected chi connectivity index (χ4v) is 6.01. The van der Waals surface area contributed by atoms with Crippen LogP contribution in [-0.2, 0) is 36.8 Å². The Morgan fingerprint density at radius 3 is 2.12 bits per heavy atom. The Morgan fingerprint density at radius 2 is 1.60 bits per heavy atom. The van der Waals surface area contributed by atoms with Gasteiger partial charge in [-0.3, -0.25) is 19.2 Å². The SMILES string of the molecule is CC(C)(C)[C@H](NC(=O)NC(C(=O)N1CCCC1C(=O)NC(CC1CC1)C(=O)C(N)=O)C1Cc2ccccc2C1)C(=O)O. The third-order valence-corrected chi connectivity index (χ3v) is 8.48. The van der Waals surface area contributed by atoms with Gasteiger partial charge in [0.15, 0.2) is 0 Å². The minimum atomic E-state index is -1.20. The van der Waals surface area contributed by atoms with Crippen LogP contribution in [0.25, 0.3) is 0 Å². The maximum absolute atomic E-state index is 14.1. The van der Waals surface area contributed by atoms with Crippen molar-refractivity contribution in [2.24, 2.45) is 23.0 Å². The lowest BCUT2D eigenvalue weighted by Crippen LogP contribution is -2.60. The molecule has 1 saturated heterocycles. The summed E-state index contributed by atoms with van der Waals surface area (Å²) >= 11 is 0. The number of aliphatic carboxylic acids is 1. The topological polar surface area (TPSA) is 188 Å². The number of primary amides is 1. The summed E-state index contributed by atoms with van der Waals surface area (Å²) in [4.78, 5) is 78.0. The average Bonchev–Trinajstić information content (AvgIpc) is 3.42. The van der Waals surface area contributed by atoms with E-state index in [2.05, 4.69) is 16.0 Å². The highest BCUT2D eigenvalue weighted by atomic mass is 16.4. The van der Waals surface area contributed by atoms with Crippen LogP contribution in [0.4, 0.5) is 4.79 Å². The zero-order valence-corrected chi connectivity index (χ0v) is 24.4. The van der Waals surface area contributed by atoms with Gasteiger partial charge in [-0.2, -0.15) is 0 Å². The number of hydrogen-bond acceptors (Lipinski definition) is 6. The van der Waals surface area contributed by atoms with Gasteiger partial charge in [0, 0.05) is 6.54 Å². The van der Waals surface area contributed by atoms with Gasteiger partial charge in [0.05, 0.1) is 6.04 Å². The highest BCUT2D eigenvalue weighted by Gasteiger charge is 2.44. The molecule has 1 aliphatic heterocycles. The van der Waals surface area contributed by atoms with E-state index in [0.717, 1.165) is 24.0 Å². The molecule has 3 aliphatic rings. The van der Waals surface area contributed by atoms with Gasteiger partial charge >= 0.3 is 12.0 Å². The van der Waals surface area contributed by atoms with E-state index in [9.17, 15) is 33.9 Å². The number of carbonyl (C=O) groups is 6. The number of likely N-dealkylation sites (tertiary alicyclic amines) is 1. The van der Waals surface area contributed by atoms with Gasteiger partial charge < -0.3 is 31.7 Å². The second kappa shape index (κ2) is 12.5. The number of Topliss-reactive ketones (excluding diaryl/α,β-unsaturated/α-hetero) is 1. The summed E-state index contributed by atoms with van der Waals surface area (Å²) in [5, 5.41) is 17.6. The third-order valence-electron chi connectivity index (χ3n) is 8.48. The molecule has 12 heteroatoms. The zero-order valence-electron chi connectivity index (χ0n) is 24.4. The quantitative estimate of drug-likeness (QED) is 0.239. The Hall–Kier alpha value is -3.96. The van der Waals surface area contributed by atoms with Gasteiger partial charge in [-0.1, -0.05) is 57.9 Å².